The molecule has 0 aromatic heterocycles. The topological polar surface area (TPSA) is 26.3 Å². The van der Waals surface area contributed by atoms with Gasteiger partial charge in [0.25, 0.3) is 0 Å². The van der Waals surface area contributed by atoms with E-state index in [9.17, 15) is 4.79 Å². The van der Waals surface area contributed by atoms with Crippen LogP contribution in [0.2, 0.25) is 19.6 Å². The fourth-order valence-electron chi connectivity index (χ4n) is 4.63. The molecular weight excluding hydrogens is 312 g/mol. The molecule has 0 spiro atoms. The Morgan fingerprint density at radius 1 is 1.42 bits per heavy atom. The maximum atomic E-state index is 12.3. The lowest BCUT2D eigenvalue weighted by atomic mass is 9.63. The predicted octanol–water partition coefficient (Wildman–Crippen LogP) is 5.35. The molecule has 3 atom stereocenters. The van der Waals surface area contributed by atoms with Gasteiger partial charge < -0.3 is 4.43 Å². The molecule has 134 valence electrons. The van der Waals surface area contributed by atoms with Crippen molar-refractivity contribution in [2.45, 2.75) is 85.0 Å². The second-order valence-electron chi connectivity index (χ2n) is 9.32. The number of allylic oxidation sites excluding steroid dienone is 2. The number of rotatable bonds is 4. The minimum Gasteiger partial charge on any atom is -0.402 e. The molecule has 2 aliphatic rings. The molecule has 0 heterocycles. The van der Waals surface area contributed by atoms with Crippen LogP contribution in [-0.4, -0.2) is 19.7 Å². The lowest BCUT2D eigenvalue weighted by molar-refractivity contribution is -0.128. The zero-order valence-corrected chi connectivity index (χ0v) is 17.6. The first-order valence-corrected chi connectivity index (χ1v) is 12.8. The molecule has 0 aromatic carbocycles. The van der Waals surface area contributed by atoms with Crippen LogP contribution < -0.4 is 0 Å². The molecule has 1 fully saturated rings. The van der Waals surface area contributed by atoms with Crippen LogP contribution in [0.5, 0.6) is 0 Å². The van der Waals surface area contributed by atoms with E-state index in [1.807, 2.05) is 0 Å². The second-order valence-corrected chi connectivity index (χ2v) is 13.7. The van der Waals surface area contributed by atoms with Crippen molar-refractivity contribution in [3.05, 3.63) is 11.6 Å². The van der Waals surface area contributed by atoms with Crippen molar-refractivity contribution in [1.82, 2.24) is 0 Å². The maximum Gasteiger partial charge on any atom is 0.185 e. The molecule has 1 unspecified atom stereocenters. The lowest BCUT2D eigenvalue weighted by Gasteiger charge is -2.39. The standard InChI is InChI=1S/C21H34O2Si/c1-16(10-8-14-20(2,3)23-24(5,6)7)17-12-13-18-19(22)11-9-15-21(17,18)4/h12,16,18H,9-11,13,15H2,1-7H3/t16-,18?,21+/m0/s1. The Morgan fingerprint density at radius 3 is 2.71 bits per heavy atom. The van der Waals surface area contributed by atoms with Gasteiger partial charge >= 0.3 is 0 Å². The first-order valence-electron chi connectivity index (χ1n) is 9.38. The van der Waals surface area contributed by atoms with E-state index in [1.54, 1.807) is 0 Å². The van der Waals surface area contributed by atoms with Gasteiger partial charge in [-0.25, -0.2) is 0 Å². The number of carbonyl (C=O) groups excluding carboxylic acids is 1. The van der Waals surface area contributed by atoms with Crippen LogP contribution in [0.4, 0.5) is 0 Å². The van der Waals surface area contributed by atoms with Crippen LogP contribution in [0.3, 0.4) is 0 Å². The Labute approximate surface area is 149 Å². The van der Waals surface area contributed by atoms with E-state index in [-0.39, 0.29) is 16.9 Å². The molecule has 0 aromatic rings. The summed E-state index contributed by atoms with van der Waals surface area (Å²) in [7, 11) is -1.59. The fourth-order valence-corrected chi connectivity index (χ4v) is 6.21. The van der Waals surface area contributed by atoms with Crippen molar-refractivity contribution in [3.63, 3.8) is 0 Å². The number of ketones is 1. The molecule has 0 amide bonds. The highest BCUT2D eigenvalue weighted by Crippen LogP contribution is 2.53. The summed E-state index contributed by atoms with van der Waals surface area (Å²) in [5.74, 6) is 7.82. The van der Waals surface area contributed by atoms with Crippen molar-refractivity contribution in [3.8, 4) is 11.8 Å². The third-order valence-electron chi connectivity index (χ3n) is 5.40. The minimum atomic E-state index is -1.59. The average Bonchev–Trinajstić information content (AvgIpc) is 2.74. The van der Waals surface area contributed by atoms with E-state index in [4.69, 9.17) is 4.43 Å². The summed E-state index contributed by atoms with van der Waals surface area (Å²) in [6, 6.07) is 0. The van der Waals surface area contributed by atoms with Crippen molar-refractivity contribution in [2.24, 2.45) is 17.3 Å². The number of hydrogen-bond donors (Lipinski definition) is 0. The fraction of sp³-hybridized carbons (Fsp3) is 0.762. The summed E-state index contributed by atoms with van der Waals surface area (Å²) in [6.07, 6.45) is 7.09. The van der Waals surface area contributed by atoms with Crippen LogP contribution >= 0.6 is 0 Å². The van der Waals surface area contributed by atoms with Crippen molar-refractivity contribution < 1.29 is 9.22 Å². The summed E-state index contributed by atoms with van der Waals surface area (Å²) in [5.41, 5.74) is 1.18. The molecule has 0 bridgehead atoms. The summed E-state index contributed by atoms with van der Waals surface area (Å²) in [6.45, 7) is 15.3. The third-order valence-corrected chi connectivity index (χ3v) is 6.52. The minimum absolute atomic E-state index is 0.0841. The van der Waals surface area contributed by atoms with Crippen LogP contribution in [0.1, 0.15) is 59.8 Å². The Bertz CT molecular complexity index is 585. The lowest BCUT2D eigenvalue weighted by Crippen LogP contribution is -2.37. The second kappa shape index (κ2) is 6.81. The molecule has 2 aliphatic carbocycles. The van der Waals surface area contributed by atoms with Gasteiger partial charge in [-0.3, -0.25) is 4.79 Å². The number of fused-ring (bicyclic) bond motifs is 1. The Morgan fingerprint density at radius 2 is 2.08 bits per heavy atom. The molecule has 0 saturated heterocycles. The van der Waals surface area contributed by atoms with Gasteiger partial charge in [0.2, 0.25) is 0 Å². The van der Waals surface area contributed by atoms with Crippen LogP contribution in [-0.2, 0) is 9.22 Å². The molecular formula is C21H34O2Si. The molecule has 0 aliphatic heterocycles. The van der Waals surface area contributed by atoms with E-state index < -0.39 is 8.32 Å². The van der Waals surface area contributed by atoms with E-state index in [0.717, 1.165) is 32.1 Å². The zero-order chi connectivity index (χ0) is 18.2. The molecule has 24 heavy (non-hydrogen) atoms. The van der Waals surface area contributed by atoms with Crippen molar-refractivity contribution >= 4 is 14.1 Å². The van der Waals surface area contributed by atoms with E-state index in [0.29, 0.717) is 11.7 Å². The smallest absolute Gasteiger partial charge is 0.185 e. The molecule has 2 nitrogen and oxygen atoms in total. The van der Waals surface area contributed by atoms with Gasteiger partial charge in [0.15, 0.2) is 8.32 Å². The van der Waals surface area contributed by atoms with Crippen molar-refractivity contribution in [2.75, 3.05) is 0 Å². The van der Waals surface area contributed by atoms with Gasteiger partial charge in [-0.15, -0.1) is 0 Å². The van der Waals surface area contributed by atoms with E-state index >= 15 is 0 Å². The number of carbonyl (C=O) groups is 1. The van der Waals surface area contributed by atoms with Crippen LogP contribution in [0, 0.1) is 29.1 Å². The van der Waals surface area contributed by atoms with Gasteiger partial charge in [-0.05, 0) is 64.1 Å². The Kier molecular flexibility index (Phi) is 5.52. The quantitative estimate of drug-likeness (QED) is 0.389. The average molecular weight is 347 g/mol. The molecule has 1 saturated carbocycles. The highest BCUT2D eigenvalue weighted by atomic mass is 28.4. The normalized spacial score (nSPS) is 28.7. The summed E-state index contributed by atoms with van der Waals surface area (Å²) >= 11 is 0. The maximum absolute atomic E-state index is 12.3. The Hall–Kier alpha value is -0.853. The zero-order valence-electron chi connectivity index (χ0n) is 16.6. The molecule has 2 rings (SSSR count). The van der Waals surface area contributed by atoms with Gasteiger partial charge in [-0.2, -0.15) is 0 Å². The third kappa shape index (κ3) is 4.40. The van der Waals surface area contributed by atoms with E-state index in [2.05, 4.69) is 65.3 Å². The largest absolute Gasteiger partial charge is 0.402 e. The summed E-state index contributed by atoms with van der Waals surface area (Å²) in [4.78, 5) is 12.3. The van der Waals surface area contributed by atoms with Crippen LogP contribution in [0.25, 0.3) is 0 Å². The van der Waals surface area contributed by atoms with Crippen LogP contribution in [0.15, 0.2) is 11.6 Å². The van der Waals surface area contributed by atoms with E-state index in [1.165, 1.54) is 5.57 Å². The summed E-state index contributed by atoms with van der Waals surface area (Å²) in [5, 5.41) is 0. The van der Waals surface area contributed by atoms with Gasteiger partial charge in [0.1, 0.15) is 11.4 Å². The van der Waals surface area contributed by atoms with Gasteiger partial charge in [0, 0.05) is 18.8 Å². The van der Waals surface area contributed by atoms with Gasteiger partial charge in [0.05, 0.1) is 0 Å². The SMILES string of the molecule is C[C@@H](CC#CC(C)(C)O[Si](C)(C)C)C1=CCC2C(=O)CCC[C@]12C. The molecule has 3 heteroatoms. The highest BCUT2D eigenvalue weighted by molar-refractivity contribution is 6.69. The number of hydrogen-bond acceptors (Lipinski definition) is 2. The first kappa shape index (κ1) is 19.5. The molecule has 0 N–H and O–H groups in total. The summed E-state index contributed by atoms with van der Waals surface area (Å²) < 4.78 is 6.16. The Balaban J connectivity index is 2.03. The highest BCUT2D eigenvalue weighted by Gasteiger charge is 2.47. The number of Topliss-reactive ketones (excluding diaryl/α,β-unsaturated/α-hetero) is 1. The molecule has 0 radical (unpaired) electrons. The first-order chi connectivity index (χ1) is 10.9. The monoisotopic (exact) mass is 346 g/mol. The van der Waals surface area contributed by atoms with Crippen molar-refractivity contribution in [1.29, 1.82) is 0 Å². The predicted molar refractivity (Wildman–Crippen MR) is 103 cm³/mol. The van der Waals surface area contributed by atoms with Gasteiger partial charge in [-0.1, -0.05) is 37.3 Å².